The molecule has 2 heterocycles. The summed E-state index contributed by atoms with van der Waals surface area (Å²) in [5.41, 5.74) is 3.58. The third kappa shape index (κ3) is 5.25. The number of thioether (sulfide) groups is 1. The fourth-order valence-corrected chi connectivity index (χ4v) is 4.63. The van der Waals surface area contributed by atoms with Crippen LogP contribution in [0.4, 0.5) is 11.4 Å². The highest BCUT2D eigenvalue weighted by Gasteiger charge is 2.14. The number of anilines is 2. The van der Waals surface area contributed by atoms with Crippen molar-refractivity contribution in [3.05, 3.63) is 71.6 Å². The van der Waals surface area contributed by atoms with E-state index in [4.69, 9.17) is 4.52 Å². The molecule has 1 amide bonds. The molecule has 1 fully saturated rings. The molecule has 0 saturated carbocycles. The fourth-order valence-electron chi connectivity index (χ4n) is 3.70. The van der Waals surface area contributed by atoms with Crippen molar-refractivity contribution in [2.75, 3.05) is 23.3 Å². The molecule has 0 atom stereocenters. The number of nitrogens with zero attached hydrogens (tertiary/aromatic N) is 2. The van der Waals surface area contributed by atoms with Gasteiger partial charge in [0.05, 0.1) is 11.3 Å². The van der Waals surface area contributed by atoms with Crippen molar-refractivity contribution in [1.82, 2.24) is 5.16 Å². The van der Waals surface area contributed by atoms with E-state index in [0.29, 0.717) is 11.3 Å². The Balaban J connectivity index is 1.41. The molecule has 0 aliphatic carbocycles. The average molecular weight is 422 g/mol. The van der Waals surface area contributed by atoms with E-state index in [1.165, 1.54) is 31.4 Å². The van der Waals surface area contributed by atoms with E-state index in [2.05, 4.69) is 27.5 Å². The van der Waals surface area contributed by atoms with Crippen LogP contribution < -0.4 is 10.2 Å². The van der Waals surface area contributed by atoms with Gasteiger partial charge in [-0.15, -0.1) is 11.8 Å². The fraction of sp³-hybridized carbons (Fsp3) is 0.333. The number of benzene rings is 2. The quantitative estimate of drug-likeness (QED) is 0.502. The Kier molecular flexibility index (Phi) is 6.74. The largest absolute Gasteiger partial charge is 0.372 e. The second kappa shape index (κ2) is 9.85. The summed E-state index contributed by atoms with van der Waals surface area (Å²) >= 11 is 1.59. The SMILES string of the molecule is Cc1cc(CSc2ccccc2C(=O)Nc2ccc(N3CCCCCC3)cc2)no1. The van der Waals surface area contributed by atoms with Gasteiger partial charge < -0.3 is 14.7 Å². The molecule has 0 unspecified atom stereocenters. The highest BCUT2D eigenvalue weighted by atomic mass is 32.2. The molecule has 156 valence electrons. The lowest BCUT2D eigenvalue weighted by Crippen LogP contribution is -2.23. The number of carbonyl (C=O) groups excluding carboxylic acids is 1. The summed E-state index contributed by atoms with van der Waals surface area (Å²) in [6, 6.07) is 17.8. The second-order valence-electron chi connectivity index (χ2n) is 7.62. The van der Waals surface area contributed by atoms with Crippen molar-refractivity contribution < 1.29 is 9.32 Å². The predicted octanol–water partition coefficient (Wildman–Crippen LogP) is 5.91. The Morgan fingerprint density at radius 3 is 2.50 bits per heavy atom. The van der Waals surface area contributed by atoms with Crippen LogP contribution in [-0.2, 0) is 5.75 Å². The average Bonchev–Trinajstić information content (AvgIpc) is 3.00. The lowest BCUT2D eigenvalue weighted by Gasteiger charge is -2.22. The van der Waals surface area contributed by atoms with Crippen LogP contribution >= 0.6 is 11.8 Å². The molecule has 1 saturated heterocycles. The van der Waals surface area contributed by atoms with Crippen LogP contribution in [0, 0.1) is 6.92 Å². The van der Waals surface area contributed by atoms with Gasteiger partial charge in [-0.1, -0.05) is 30.1 Å². The molecule has 1 aliphatic rings. The van der Waals surface area contributed by atoms with E-state index in [-0.39, 0.29) is 5.91 Å². The highest BCUT2D eigenvalue weighted by Crippen LogP contribution is 2.27. The topological polar surface area (TPSA) is 58.4 Å². The molecule has 1 N–H and O–H groups in total. The third-order valence-corrected chi connectivity index (χ3v) is 6.39. The van der Waals surface area contributed by atoms with Gasteiger partial charge in [0.15, 0.2) is 0 Å². The van der Waals surface area contributed by atoms with Crippen molar-refractivity contribution in [1.29, 1.82) is 0 Å². The van der Waals surface area contributed by atoms with Gasteiger partial charge in [0.1, 0.15) is 5.76 Å². The highest BCUT2D eigenvalue weighted by molar-refractivity contribution is 7.98. The lowest BCUT2D eigenvalue weighted by atomic mass is 10.2. The van der Waals surface area contributed by atoms with Gasteiger partial charge in [-0.2, -0.15) is 0 Å². The molecule has 0 spiro atoms. The molecule has 4 rings (SSSR count). The zero-order valence-corrected chi connectivity index (χ0v) is 18.1. The monoisotopic (exact) mass is 421 g/mol. The zero-order chi connectivity index (χ0) is 20.8. The zero-order valence-electron chi connectivity index (χ0n) is 17.3. The summed E-state index contributed by atoms with van der Waals surface area (Å²) in [5, 5.41) is 7.06. The molecule has 1 aliphatic heterocycles. The molecule has 3 aromatic rings. The number of nitrogens with one attached hydrogen (secondary N) is 1. The van der Waals surface area contributed by atoms with Crippen molar-refractivity contribution in [2.45, 2.75) is 43.3 Å². The first kappa shape index (κ1) is 20.5. The van der Waals surface area contributed by atoms with Gasteiger partial charge in [0.25, 0.3) is 5.91 Å². The normalized spacial score (nSPS) is 14.4. The summed E-state index contributed by atoms with van der Waals surface area (Å²) in [6.07, 6.45) is 5.14. The summed E-state index contributed by atoms with van der Waals surface area (Å²) in [7, 11) is 0. The van der Waals surface area contributed by atoms with E-state index >= 15 is 0 Å². The Bertz CT molecular complexity index is 976. The van der Waals surface area contributed by atoms with Crippen LogP contribution in [0.25, 0.3) is 0 Å². The van der Waals surface area contributed by atoms with Gasteiger partial charge in [-0.25, -0.2) is 0 Å². The second-order valence-corrected chi connectivity index (χ2v) is 8.63. The lowest BCUT2D eigenvalue weighted by molar-refractivity contribution is 0.102. The first-order valence-corrected chi connectivity index (χ1v) is 11.5. The van der Waals surface area contributed by atoms with Gasteiger partial charge in [-0.3, -0.25) is 4.79 Å². The van der Waals surface area contributed by atoms with E-state index < -0.39 is 0 Å². The molecular formula is C24H27N3O2S. The van der Waals surface area contributed by atoms with Crippen LogP contribution in [-0.4, -0.2) is 24.2 Å². The molecule has 5 nitrogen and oxygen atoms in total. The van der Waals surface area contributed by atoms with E-state index in [9.17, 15) is 4.79 Å². The summed E-state index contributed by atoms with van der Waals surface area (Å²) in [4.78, 5) is 16.3. The Morgan fingerprint density at radius 1 is 1.07 bits per heavy atom. The molecule has 0 bridgehead atoms. The first-order chi connectivity index (χ1) is 14.7. The van der Waals surface area contributed by atoms with Crippen molar-refractivity contribution in [3.8, 4) is 0 Å². The van der Waals surface area contributed by atoms with Gasteiger partial charge in [0.2, 0.25) is 0 Å². The summed E-state index contributed by atoms with van der Waals surface area (Å²) in [6.45, 7) is 4.10. The van der Waals surface area contributed by atoms with Gasteiger partial charge in [0, 0.05) is 41.2 Å². The Hall–Kier alpha value is -2.73. The van der Waals surface area contributed by atoms with Crippen LogP contribution in [0.2, 0.25) is 0 Å². The molecule has 6 heteroatoms. The predicted molar refractivity (Wildman–Crippen MR) is 122 cm³/mol. The summed E-state index contributed by atoms with van der Waals surface area (Å²) < 4.78 is 5.12. The number of rotatable bonds is 6. The number of hydrogen-bond donors (Lipinski definition) is 1. The minimum atomic E-state index is -0.100. The maximum atomic E-state index is 12.9. The van der Waals surface area contributed by atoms with Gasteiger partial charge in [-0.05, 0) is 56.2 Å². The van der Waals surface area contributed by atoms with E-state index in [1.54, 1.807) is 11.8 Å². The van der Waals surface area contributed by atoms with Crippen LogP contribution in [0.1, 0.15) is 47.5 Å². The number of aryl methyl sites for hydroxylation is 1. The first-order valence-electron chi connectivity index (χ1n) is 10.5. The van der Waals surface area contributed by atoms with Crippen molar-refractivity contribution >= 4 is 29.0 Å². The maximum Gasteiger partial charge on any atom is 0.256 e. The molecule has 1 aromatic heterocycles. The maximum absolute atomic E-state index is 12.9. The van der Waals surface area contributed by atoms with Crippen LogP contribution in [0.3, 0.4) is 0 Å². The number of aromatic nitrogens is 1. The van der Waals surface area contributed by atoms with Crippen molar-refractivity contribution in [3.63, 3.8) is 0 Å². The Morgan fingerprint density at radius 2 is 1.80 bits per heavy atom. The van der Waals surface area contributed by atoms with Gasteiger partial charge >= 0.3 is 0 Å². The van der Waals surface area contributed by atoms with Crippen LogP contribution in [0.15, 0.2) is 64.0 Å². The summed E-state index contributed by atoms with van der Waals surface area (Å²) in [5.74, 6) is 1.35. The molecule has 30 heavy (non-hydrogen) atoms. The van der Waals surface area contributed by atoms with E-state index in [1.807, 2.05) is 49.4 Å². The minimum Gasteiger partial charge on any atom is -0.372 e. The standard InChI is InChI=1S/C24H27N3O2S/c1-18-16-20(26-29-18)17-30-23-9-5-4-8-22(23)24(28)25-19-10-12-21(13-11-19)27-14-6-2-3-7-15-27/h4-5,8-13,16H,2-3,6-7,14-15,17H2,1H3,(H,25,28). The number of carbonyl (C=O) groups is 1. The molecule has 0 radical (unpaired) electrons. The minimum absolute atomic E-state index is 0.100. The number of hydrogen-bond acceptors (Lipinski definition) is 5. The smallest absolute Gasteiger partial charge is 0.256 e. The Labute approximate surface area is 181 Å². The molecular weight excluding hydrogens is 394 g/mol. The van der Waals surface area contributed by atoms with E-state index in [0.717, 1.165) is 35.1 Å². The molecule has 2 aromatic carbocycles. The third-order valence-electron chi connectivity index (χ3n) is 5.28. The van der Waals surface area contributed by atoms with Crippen LogP contribution in [0.5, 0.6) is 0 Å². The number of amides is 1. The van der Waals surface area contributed by atoms with Crippen molar-refractivity contribution in [2.24, 2.45) is 0 Å².